The molecule has 0 aliphatic heterocycles. The predicted octanol–water partition coefficient (Wildman–Crippen LogP) is 7.07. The highest BCUT2D eigenvalue weighted by Gasteiger charge is 2.10. The summed E-state index contributed by atoms with van der Waals surface area (Å²) in [6, 6.07) is 11.7. The molecule has 0 bridgehead atoms. The molecule has 2 aromatic carbocycles. The minimum Gasteiger partial charge on any atom is -0.371 e. The molecule has 1 heterocycles. The molecule has 8 heteroatoms. The molecule has 0 unspecified atom stereocenters. The van der Waals surface area contributed by atoms with Crippen LogP contribution in [0.25, 0.3) is 10.2 Å². The van der Waals surface area contributed by atoms with Crippen LogP contribution in [0.2, 0.25) is 10.0 Å². The minimum atomic E-state index is 0.491. The van der Waals surface area contributed by atoms with Crippen molar-refractivity contribution in [1.82, 2.24) is 4.98 Å². The van der Waals surface area contributed by atoms with Crippen molar-refractivity contribution in [3.63, 3.8) is 0 Å². The number of aromatic nitrogens is 1. The molecule has 0 saturated heterocycles. The van der Waals surface area contributed by atoms with Crippen LogP contribution in [0.15, 0.2) is 40.6 Å². The Hall–Kier alpha value is -2.20. The highest BCUT2D eigenvalue weighted by atomic mass is 35.5. The molecule has 0 saturated carbocycles. The van der Waals surface area contributed by atoms with Crippen LogP contribution in [-0.4, -0.2) is 18.1 Å². The first kappa shape index (κ1) is 19.6. The molecule has 0 fully saturated rings. The SMILES string of the molecule is CCN(CCC#N)c1ccc(N=Nc2nc3ccc(Cl)c(Cl)c3s2)c(C)c1. The zero-order valence-corrected chi connectivity index (χ0v) is 17.2. The fourth-order valence-electron chi connectivity index (χ4n) is 2.67. The van der Waals surface area contributed by atoms with Gasteiger partial charge in [0.1, 0.15) is 0 Å². The summed E-state index contributed by atoms with van der Waals surface area (Å²) in [6.07, 6.45) is 0.499. The molecular weight excluding hydrogens is 401 g/mol. The van der Waals surface area contributed by atoms with Crippen LogP contribution in [0.3, 0.4) is 0 Å². The summed E-state index contributed by atoms with van der Waals surface area (Å²) in [6.45, 7) is 5.62. The molecule has 0 aliphatic carbocycles. The lowest BCUT2D eigenvalue weighted by Crippen LogP contribution is -2.23. The molecule has 0 radical (unpaired) electrons. The Kier molecular flexibility index (Phi) is 6.27. The number of benzene rings is 2. The van der Waals surface area contributed by atoms with Crippen LogP contribution < -0.4 is 4.90 Å². The summed E-state index contributed by atoms with van der Waals surface area (Å²) < 4.78 is 0.807. The van der Waals surface area contributed by atoms with Crippen LogP contribution in [0.4, 0.5) is 16.5 Å². The molecule has 3 rings (SSSR count). The van der Waals surface area contributed by atoms with Gasteiger partial charge in [0.05, 0.1) is 38.4 Å². The summed E-state index contributed by atoms with van der Waals surface area (Å²) in [5.41, 5.74) is 3.62. The number of thiazole rings is 1. The second-order valence-corrected chi connectivity index (χ2v) is 7.63. The smallest absolute Gasteiger partial charge is 0.231 e. The monoisotopic (exact) mass is 417 g/mol. The highest BCUT2D eigenvalue weighted by molar-refractivity contribution is 7.22. The van der Waals surface area contributed by atoms with E-state index >= 15 is 0 Å². The van der Waals surface area contributed by atoms with Gasteiger partial charge in [-0.25, -0.2) is 4.98 Å². The van der Waals surface area contributed by atoms with E-state index in [1.165, 1.54) is 11.3 Å². The lowest BCUT2D eigenvalue weighted by atomic mass is 10.1. The topological polar surface area (TPSA) is 64.6 Å². The van der Waals surface area contributed by atoms with E-state index in [4.69, 9.17) is 28.5 Å². The van der Waals surface area contributed by atoms with E-state index in [0.29, 0.717) is 28.1 Å². The first-order valence-corrected chi connectivity index (χ1v) is 9.99. The number of hydrogen-bond donors (Lipinski definition) is 0. The fourth-order valence-corrected chi connectivity index (χ4v) is 3.98. The second-order valence-electron chi connectivity index (χ2n) is 5.86. The second kappa shape index (κ2) is 8.66. The lowest BCUT2D eigenvalue weighted by molar-refractivity contribution is 0.826. The van der Waals surface area contributed by atoms with Gasteiger partial charge in [0.25, 0.3) is 0 Å². The van der Waals surface area contributed by atoms with Crippen molar-refractivity contribution in [2.24, 2.45) is 10.2 Å². The van der Waals surface area contributed by atoms with Gasteiger partial charge in [-0.2, -0.15) is 5.26 Å². The average molecular weight is 418 g/mol. The molecule has 5 nitrogen and oxygen atoms in total. The normalized spacial score (nSPS) is 11.2. The fraction of sp³-hybridized carbons (Fsp3) is 0.263. The summed E-state index contributed by atoms with van der Waals surface area (Å²) in [4.78, 5) is 6.59. The number of aryl methyl sites for hydroxylation is 1. The van der Waals surface area contributed by atoms with Gasteiger partial charge in [0, 0.05) is 18.8 Å². The standard InChI is InChI=1S/C19H17Cl2N5S/c1-3-26(10-4-9-22)13-5-7-15(12(2)11-13)24-25-19-23-16-8-6-14(20)17(21)18(16)27-19/h5-8,11H,3-4,10H2,1-2H3. The van der Waals surface area contributed by atoms with Crippen molar-refractivity contribution >= 4 is 61.3 Å². The number of rotatable bonds is 6. The summed E-state index contributed by atoms with van der Waals surface area (Å²) in [7, 11) is 0. The number of hydrogen-bond acceptors (Lipinski definition) is 6. The van der Waals surface area contributed by atoms with E-state index in [0.717, 1.165) is 33.7 Å². The quantitative estimate of drug-likeness (QED) is 0.402. The Morgan fingerprint density at radius 2 is 2.04 bits per heavy atom. The van der Waals surface area contributed by atoms with E-state index in [1.807, 2.05) is 25.1 Å². The van der Waals surface area contributed by atoms with Gasteiger partial charge in [-0.1, -0.05) is 34.5 Å². The van der Waals surface area contributed by atoms with Crippen molar-refractivity contribution in [1.29, 1.82) is 5.26 Å². The maximum Gasteiger partial charge on any atom is 0.231 e. The third kappa shape index (κ3) is 4.38. The van der Waals surface area contributed by atoms with Gasteiger partial charge >= 0.3 is 0 Å². The summed E-state index contributed by atoms with van der Waals surface area (Å²) >= 11 is 13.6. The van der Waals surface area contributed by atoms with E-state index in [2.05, 4.69) is 39.2 Å². The first-order valence-electron chi connectivity index (χ1n) is 8.42. The van der Waals surface area contributed by atoms with Crippen molar-refractivity contribution in [3.05, 3.63) is 45.9 Å². The molecule has 138 valence electrons. The van der Waals surface area contributed by atoms with Gasteiger partial charge in [0.15, 0.2) is 0 Å². The Morgan fingerprint density at radius 1 is 1.22 bits per heavy atom. The Morgan fingerprint density at radius 3 is 2.74 bits per heavy atom. The maximum absolute atomic E-state index is 8.79. The van der Waals surface area contributed by atoms with Gasteiger partial charge in [-0.3, -0.25) is 0 Å². The molecule has 1 aromatic heterocycles. The van der Waals surface area contributed by atoms with Crippen molar-refractivity contribution in [2.45, 2.75) is 20.3 Å². The van der Waals surface area contributed by atoms with E-state index in [-0.39, 0.29) is 0 Å². The molecule has 0 aliphatic rings. The summed E-state index contributed by atoms with van der Waals surface area (Å²) in [5, 5.41) is 18.9. The molecular formula is C19H17Cl2N5S. The summed E-state index contributed by atoms with van der Waals surface area (Å²) in [5.74, 6) is 0. The Labute approximate surface area is 171 Å². The highest BCUT2D eigenvalue weighted by Crippen LogP contribution is 2.38. The van der Waals surface area contributed by atoms with Gasteiger partial charge < -0.3 is 4.90 Å². The number of nitrogens with zero attached hydrogens (tertiary/aromatic N) is 5. The van der Waals surface area contributed by atoms with Crippen LogP contribution >= 0.6 is 34.5 Å². The van der Waals surface area contributed by atoms with Gasteiger partial charge in [-0.05, 0) is 49.7 Å². The van der Waals surface area contributed by atoms with Crippen LogP contribution in [-0.2, 0) is 0 Å². The number of azo groups is 1. The predicted molar refractivity (Wildman–Crippen MR) is 113 cm³/mol. The van der Waals surface area contributed by atoms with Crippen LogP contribution in [0, 0.1) is 18.3 Å². The Balaban J connectivity index is 1.83. The van der Waals surface area contributed by atoms with Gasteiger partial charge in [0.2, 0.25) is 5.13 Å². The lowest BCUT2D eigenvalue weighted by Gasteiger charge is -2.22. The van der Waals surface area contributed by atoms with E-state index in [9.17, 15) is 0 Å². The third-order valence-corrected chi connectivity index (χ3v) is 5.99. The molecule has 0 N–H and O–H groups in total. The first-order chi connectivity index (χ1) is 13.0. The molecule has 3 aromatic rings. The van der Waals surface area contributed by atoms with Crippen LogP contribution in [0.1, 0.15) is 18.9 Å². The molecule has 27 heavy (non-hydrogen) atoms. The maximum atomic E-state index is 8.79. The zero-order valence-electron chi connectivity index (χ0n) is 14.9. The number of anilines is 1. The Bertz CT molecular complexity index is 1040. The van der Waals surface area contributed by atoms with Crippen molar-refractivity contribution in [2.75, 3.05) is 18.0 Å². The zero-order chi connectivity index (χ0) is 19.4. The molecule has 0 spiro atoms. The van der Waals surface area contributed by atoms with Crippen LogP contribution in [0.5, 0.6) is 0 Å². The minimum absolute atomic E-state index is 0.491. The average Bonchev–Trinajstić information content (AvgIpc) is 3.08. The van der Waals surface area contributed by atoms with Gasteiger partial charge in [-0.15, -0.1) is 10.2 Å². The molecule has 0 amide bonds. The van der Waals surface area contributed by atoms with Crippen molar-refractivity contribution < 1.29 is 0 Å². The number of halogens is 2. The van der Waals surface area contributed by atoms with E-state index in [1.54, 1.807) is 6.07 Å². The molecule has 0 atom stereocenters. The largest absolute Gasteiger partial charge is 0.371 e. The number of fused-ring (bicyclic) bond motifs is 1. The van der Waals surface area contributed by atoms with E-state index < -0.39 is 0 Å². The third-order valence-electron chi connectivity index (χ3n) is 4.10. The number of nitriles is 1. The van der Waals surface area contributed by atoms with Crippen molar-refractivity contribution in [3.8, 4) is 6.07 Å².